The molecule has 0 bridgehead atoms. The molecule has 6 heteroatoms. The van der Waals surface area contributed by atoms with Crippen molar-refractivity contribution in [1.82, 2.24) is 5.32 Å². The van der Waals surface area contributed by atoms with Gasteiger partial charge in [0, 0.05) is 12.6 Å². The van der Waals surface area contributed by atoms with E-state index in [0.717, 1.165) is 31.6 Å². The Labute approximate surface area is 153 Å². The summed E-state index contributed by atoms with van der Waals surface area (Å²) in [4.78, 5) is 8.86. The predicted octanol–water partition coefficient (Wildman–Crippen LogP) is 4.55. The second-order valence-electron chi connectivity index (χ2n) is 6.19. The van der Waals surface area contributed by atoms with Gasteiger partial charge in [0.05, 0.1) is 7.11 Å². The SMILES string of the molecule is COc1ccc(C2CNC(C3C=CC(F)=CCC3)C2)cc1.O=C(O)S. The quantitative estimate of drug-likeness (QED) is 0.688. The molecule has 1 aliphatic carbocycles. The first-order chi connectivity index (χ1) is 12.0. The summed E-state index contributed by atoms with van der Waals surface area (Å²) in [6.45, 7) is 0.997. The fraction of sp³-hybridized carbons (Fsp3) is 0.421. The third-order valence-corrected chi connectivity index (χ3v) is 4.61. The molecule has 2 N–H and O–H groups in total. The molecule has 1 heterocycles. The minimum Gasteiger partial charge on any atom is -0.497 e. The van der Waals surface area contributed by atoms with Crippen molar-refractivity contribution in [3.8, 4) is 5.75 Å². The van der Waals surface area contributed by atoms with Crippen molar-refractivity contribution in [2.24, 2.45) is 5.92 Å². The normalized spacial score (nSPS) is 25.4. The molecule has 1 aromatic carbocycles. The zero-order chi connectivity index (χ0) is 18.2. The standard InChI is InChI=1S/C18H22FNO.CH2O2S/c1-21-17-9-6-13(7-10-17)15-11-18(20-12-15)14-3-2-4-16(19)8-5-14;2-1(3)4/h4-10,14-15,18,20H,2-3,11-12H2,1H3;4H,(H,2,3). The maximum atomic E-state index is 13.3. The van der Waals surface area contributed by atoms with Gasteiger partial charge in [-0.3, -0.25) is 0 Å². The zero-order valence-corrected chi connectivity index (χ0v) is 15.1. The van der Waals surface area contributed by atoms with Crippen molar-refractivity contribution < 1.29 is 19.0 Å². The highest BCUT2D eigenvalue weighted by Crippen LogP contribution is 2.32. The van der Waals surface area contributed by atoms with Gasteiger partial charge in [0.15, 0.2) is 0 Å². The number of methoxy groups -OCH3 is 1. The Morgan fingerprint density at radius 3 is 2.68 bits per heavy atom. The van der Waals surface area contributed by atoms with Gasteiger partial charge in [-0.1, -0.05) is 30.8 Å². The molecule has 1 saturated heterocycles. The van der Waals surface area contributed by atoms with Gasteiger partial charge in [-0.05, 0) is 60.9 Å². The highest BCUT2D eigenvalue weighted by atomic mass is 32.1. The van der Waals surface area contributed by atoms with Gasteiger partial charge in [0.2, 0.25) is 0 Å². The van der Waals surface area contributed by atoms with Crippen LogP contribution in [0.5, 0.6) is 5.75 Å². The molecule has 0 aromatic heterocycles. The number of nitrogens with one attached hydrogen (secondary N) is 1. The van der Waals surface area contributed by atoms with Gasteiger partial charge in [0.1, 0.15) is 11.6 Å². The fourth-order valence-corrected chi connectivity index (χ4v) is 3.35. The van der Waals surface area contributed by atoms with Crippen LogP contribution in [-0.2, 0) is 0 Å². The van der Waals surface area contributed by atoms with Crippen LogP contribution in [0.25, 0.3) is 0 Å². The average Bonchev–Trinajstić information content (AvgIpc) is 2.97. The van der Waals surface area contributed by atoms with E-state index in [4.69, 9.17) is 14.6 Å². The minimum absolute atomic E-state index is 0.0952. The van der Waals surface area contributed by atoms with Crippen LogP contribution < -0.4 is 10.1 Å². The number of rotatable bonds is 3. The minimum atomic E-state index is -1.14. The first-order valence-electron chi connectivity index (χ1n) is 8.32. The Hall–Kier alpha value is -1.79. The molecule has 3 unspecified atom stereocenters. The van der Waals surface area contributed by atoms with Gasteiger partial charge in [-0.25, -0.2) is 9.18 Å². The second-order valence-corrected chi connectivity index (χ2v) is 6.58. The maximum Gasteiger partial charge on any atom is 0.361 e. The summed E-state index contributed by atoms with van der Waals surface area (Å²) < 4.78 is 18.5. The highest BCUT2D eigenvalue weighted by molar-refractivity contribution is 7.96. The Morgan fingerprint density at radius 1 is 1.36 bits per heavy atom. The number of halogens is 1. The van der Waals surface area contributed by atoms with Crippen molar-refractivity contribution in [2.75, 3.05) is 13.7 Å². The van der Waals surface area contributed by atoms with Gasteiger partial charge in [0.25, 0.3) is 0 Å². The summed E-state index contributed by atoms with van der Waals surface area (Å²) in [6, 6.07) is 8.80. The molecule has 0 radical (unpaired) electrons. The van der Waals surface area contributed by atoms with Crippen LogP contribution in [0, 0.1) is 5.92 Å². The summed E-state index contributed by atoms with van der Waals surface area (Å²) >= 11 is 2.88. The highest BCUT2D eigenvalue weighted by Gasteiger charge is 2.30. The van der Waals surface area contributed by atoms with E-state index in [9.17, 15) is 4.39 Å². The molecule has 3 rings (SSSR count). The molecule has 136 valence electrons. The van der Waals surface area contributed by atoms with Crippen LogP contribution in [0.2, 0.25) is 0 Å². The molecule has 0 spiro atoms. The number of thiol groups is 1. The predicted molar refractivity (Wildman–Crippen MR) is 100 cm³/mol. The van der Waals surface area contributed by atoms with Crippen LogP contribution in [0.4, 0.5) is 9.18 Å². The van der Waals surface area contributed by atoms with Crippen LogP contribution in [-0.4, -0.2) is 30.1 Å². The lowest BCUT2D eigenvalue weighted by Gasteiger charge is -2.19. The van der Waals surface area contributed by atoms with E-state index >= 15 is 0 Å². The molecule has 0 saturated carbocycles. The van der Waals surface area contributed by atoms with Gasteiger partial charge in [-0.2, -0.15) is 0 Å². The lowest BCUT2D eigenvalue weighted by Crippen LogP contribution is -2.29. The summed E-state index contributed by atoms with van der Waals surface area (Å²) in [7, 11) is 1.69. The van der Waals surface area contributed by atoms with Crippen molar-refractivity contribution in [1.29, 1.82) is 0 Å². The number of allylic oxidation sites excluding steroid dienone is 3. The number of hydrogen-bond acceptors (Lipinski definition) is 3. The van der Waals surface area contributed by atoms with Gasteiger partial charge in [-0.15, -0.1) is 0 Å². The number of benzene rings is 1. The first kappa shape index (κ1) is 19.5. The van der Waals surface area contributed by atoms with E-state index in [1.165, 1.54) is 5.56 Å². The lowest BCUT2D eigenvalue weighted by molar-refractivity contribution is 0.222. The smallest absolute Gasteiger partial charge is 0.361 e. The number of ether oxygens (including phenoxy) is 1. The molecule has 0 amide bonds. The van der Waals surface area contributed by atoms with Gasteiger partial charge < -0.3 is 15.2 Å². The van der Waals surface area contributed by atoms with Crippen molar-refractivity contribution >= 4 is 17.9 Å². The van der Waals surface area contributed by atoms with E-state index in [-0.39, 0.29) is 5.83 Å². The monoisotopic (exact) mass is 365 g/mol. The topological polar surface area (TPSA) is 58.6 Å². The van der Waals surface area contributed by atoms with E-state index in [2.05, 4.69) is 30.1 Å². The molecule has 1 aliphatic heterocycles. The zero-order valence-electron chi connectivity index (χ0n) is 14.2. The number of carbonyl (C=O) groups is 1. The maximum absolute atomic E-state index is 13.3. The molecule has 2 aliphatic rings. The third-order valence-electron chi connectivity index (χ3n) is 4.61. The van der Waals surface area contributed by atoms with E-state index in [0.29, 0.717) is 17.9 Å². The molecule has 3 atom stereocenters. The second kappa shape index (κ2) is 9.63. The van der Waals surface area contributed by atoms with E-state index in [1.807, 2.05) is 18.2 Å². The molecular weight excluding hydrogens is 341 g/mol. The van der Waals surface area contributed by atoms with Gasteiger partial charge >= 0.3 is 5.30 Å². The largest absolute Gasteiger partial charge is 0.497 e. The first-order valence-corrected chi connectivity index (χ1v) is 8.77. The van der Waals surface area contributed by atoms with Crippen molar-refractivity contribution in [3.63, 3.8) is 0 Å². The molecule has 4 nitrogen and oxygen atoms in total. The van der Waals surface area contributed by atoms with Crippen LogP contribution in [0.1, 0.15) is 30.7 Å². The van der Waals surface area contributed by atoms with E-state index in [1.54, 1.807) is 19.3 Å². The molecular formula is C19H24FNO3S. The molecule has 25 heavy (non-hydrogen) atoms. The van der Waals surface area contributed by atoms with Crippen LogP contribution in [0.3, 0.4) is 0 Å². The lowest BCUT2D eigenvalue weighted by atomic mass is 9.89. The Balaban J connectivity index is 0.000000511. The third kappa shape index (κ3) is 6.21. The fourth-order valence-electron chi connectivity index (χ4n) is 3.35. The van der Waals surface area contributed by atoms with E-state index < -0.39 is 5.30 Å². The Kier molecular flexibility index (Phi) is 7.52. The van der Waals surface area contributed by atoms with Crippen LogP contribution >= 0.6 is 12.6 Å². The average molecular weight is 365 g/mol. The summed E-state index contributed by atoms with van der Waals surface area (Å²) in [5.41, 5.74) is 1.35. The van der Waals surface area contributed by atoms with Crippen LogP contribution in [0.15, 0.2) is 48.3 Å². The van der Waals surface area contributed by atoms with Crippen molar-refractivity contribution in [2.45, 2.75) is 31.2 Å². The summed E-state index contributed by atoms with van der Waals surface area (Å²) in [6.07, 6.45) is 8.31. The Morgan fingerprint density at radius 2 is 2.04 bits per heavy atom. The number of carboxylic acid groups (broad SMARTS) is 1. The number of hydrogen-bond donors (Lipinski definition) is 3. The summed E-state index contributed by atoms with van der Waals surface area (Å²) in [5, 5.41) is 9.76. The Bertz CT molecular complexity index is 626. The molecule has 1 aromatic rings. The molecule has 1 fully saturated rings. The van der Waals surface area contributed by atoms with Crippen molar-refractivity contribution in [3.05, 3.63) is 53.9 Å². The summed E-state index contributed by atoms with van der Waals surface area (Å²) in [5.74, 6) is 1.77.